The van der Waals surface area contributed by atoms with E-state index >= 15 is 0 Å². The number of carbonyl (C=O) groups excluding carboxylic acids is 3. The first-order valence-corrected chi connectivity index (χ1v) is 10.2. The monoisotopic (exact) mass is 451 g/mol. The van der Waals surface area contributed by atoms with Gasteiger partial charge in [-0.15, -0.1) is 0 Å². The van der Waals surface area contributed by atoms with Crippen LogP contribution in [0.3, 0.4) is 0 Å². The van der Waals surface area contributed by atoms with Crippen molar-refractivity contribution >= 4 is 30.0 Å². The van der Waals surface area contributed by atoms with Gasteiger partial charge in [0.15, 0.2) is 0 Å². The van der Waals surface area contributed by atoms with Crippen molar-refractivity contribution in [2.45, 2.75) is 24.9 Å². The summed E-state index contributed by atoms with van der Waals surface area (Å²) in [6.07, 6.45) is 1.11. The zero-order valence-electron chi connectivity index (χ0n) is 18.3. The molecule has 10 heteroatoms. The third-order valence-corrected chi connectivity index (χ3v) is 5.76. The molecule has 0 radical (unpaired) electrons. The zero-order chi connectivity index (χ0) is 24.2. The summed E-state index contributed by atoms with van der Waals surface area (Å²) in [5.41, 5.74) is 0.588. The molecule has 2 aromatic carbocycles. The van der Waals surface area contributed by atoms with Crippen LogP contribution in [0.1, 0.15) is 36.1 Å². The average Bonchev–Trinajstić information content (AvgIpc) is 2.96. The molecule has 1 aliphatic heterocycles. The molecule has 0 saturated carbocycles. The van der Waals surface area contributed by atoms with Crippen LogP contribution < -0.4 is 11.2 Å². The smallest absolute Gasteiger partial charge is 0.328 e. The number of hydrogen-bond acceptors (Lipinski definition) is 6. The quantitative estimate of drug-likeness (QED) is 0.239. The fraction of sp³-hybridized carbons (Fsp3) is 0.261. The van der Waals surface area contributed by atoms with E-state index < -0.39 is 41.9 Å². The standard InChI is InChI=1S/C23H25N5O5/c1-23(17-10-8-15(9-11-17)13-25-24)21(32)28(22(33)27(23)2)14-19(29)26-18(12-20(30)31)16-6-4-3-5-7-16/h3-11,13,18H,12,14,24H2,1-2H3,(H,26,29)(H,30,31)/b25-13+. The Labute approximate surface area is 190 Å². The lowest BCUT2D eigenvalue weighted by Crippen LogP contribution is -2.44. The van der Waals surface area contributed by atoms with E-state index in [1.54, 1.807) is 61.5 Å². The van der Waals surface area contributed by atoms with Crippen LogP contribution in [0.4, 0.5) is 4.79 Å². The second kappa shape index (κ2) is 9.51. The van der Waals surface area contributed by atoms with Crippen molar-refractivity contribution in [3.05, 3.63) is 71.3 Å². The van der Waals surface area contributed by atoms with Crippen molar-refractivity contribution in [1.82, 2.24) is 15.1 Å². The number of likely N-dealkylation sites (N-methyl/N-ethyl adjacent to an activating group) is 1. The molecule has 0 bridgehead atoms. The molecule has 172 valence electrons. The van der Waals surface area contributed by atoms with Crippen molar-refractivity contribution in [2.75, 3.05) is 13.6 Å². The van der Waals surface area contributed by atoms with E-state index in [4.69, 9.17) is 5.84 Å². The predicted molar refractivity (Wildman–Crippen MR) is 120 cm³/mol. The largest absolute Gasteiger partial charge is 0.481 e. The van der Waals surface area contributed by atoms with E-state index in [0.29, 0.717) is 11.1 Å². The molecule has 2 aromatic rings. The minimum Gasteiger partial charge on any atom is -0.481 e. The summed E-state index contributed by atoms with van der Waals surface area (Å²) in [5.74, 6) is 2.87. The molecule has 2 unspecified atom stereocenters. The first-order valence-electron chi connectivity index (χ1n) is 10.2. The molecule has 0 spiro atoms. The van der Waals surface area contributed by atoms with Gasteiger partial charge in [0, 0.05) is 7.05 Å². The summed E-state index contributed by atoms with van der Waals surface area (Å²) in [6, 6.07) is 14.0. The summed E-state index contributed by atoms with van der Waals surface area (Å²) < 4.78 is 0. The number of nitrogens with zero attached hydrogens (tertiary/aromatic N) is 3. The molecule has 10 nitrogen and oxygen atoms in total. The van der Waals surface area contributed by atoms with Crippen molar-refractivity contribution in [3.8, 4) is 0 Å². The summed E-state index contributed by atoms with van der Waals surface area (Å²) in [4.78, 5) is 52.3. The lowest BCUT2D eigenvalue weighted by atomic mass is 9.90. The molecule has 1 fully saturated rings. The maximum absolute atomic E-state index is 13.3. The summed E-state index contributed by atoms with van der Waals surface area (Å²) in [6.45, 7) is 1.08. The van der Waals surface area contributed by atoms with Crippen LogP contribution in [-0.4, -0.2) is 58.5 Å². The highest BCUT2D eigenvalue weighted by Crippen LogP contribution is 2.36. The van der Waals surface area contributed by atoms with Gasteiger partial charge in [0.1, 0.15) is 12.1 Å². The average molecular weight is 451 g/mol. The highest BCUT2D eigenvalue weighted by molar-refractivity contribution is 6.09. The Morgan fingerprint density at radius 2 is 1.79 bits per heavy atom. The first-order chi connectivity index (χ1) is 15.7. The van der Waals surface area contributed by atoms with Crippen LogP contribution in [0.5, 0.6) is 0 Å². The van der Waals surface area contributed by atoms with Gasteiger partial charge in [-0.05, 0) is 23.6 Å². The normalized spacial score (nSPS) is 19.2. The van der Waals surface area contributed by atoms with Gasteiger partial charge in [0.05, 0.1) is 18.7 Å². The van der Waals surface area contributed by atoms with Gasteiger partial charge >= 0.3 is 12.0 Å². The van der Waals surface area contributed by atoms with Crippen LogP contribution in [0, 0.1) is 0 Å². The van der Waals surface area contributed by atoms with Gasteiger partial charge in [-0.3, -0.25) is 19.3 Å². The SMILES string of the molecule is CN1C(=O)N(CC(=O)NC(CC(=O)O)c2ccccc2)C(=O)C1(C)c1ccc(/C=N/N)cc1. The highest BCUT2D eigenvalue weighted by atomic mass is 16.4. The summed E-state index contributed by atoms with van der Waals surface area (Å²) in [5, 5.41) is 15.3. The second-order valence-electron chi connectivity index (χ2n) is 7.83. The fourth-order valence-corrected chi connectivity index (χ4v) is 3.80. The summed E-state index contributed by atoms with van der Waals surface area (Å²) in [7, 11) is 1.49. The van der Waals surface area contributed by atoms with Crippen molar-refractivity contribution < 1.29 is 24.3 Å². The van der Waals surface area contributed by atoms with Crippen molar-refractivity contribution in [2.24, 2.45) is 10.9 Å². The van der Waals surface area contributed by atoms with E-state index in [1.165, 1.54) is 18.2 Å². The predicted octanol–water partition coefficient (Wildman–Crippen LogP) is 1.42. The Morgan fingerprint density at radius 3 is 2.36 bits per heavy atom. The van der Waals surface area contributed by atoms with Crippen molar-refractivity contribution in [1.29, 1.82) is 0 Å². The van der Waals surface area contributed by atoms with Gasteiger partial charge < -0.3 is 21.2 Å². The van der Waals surface area contributed by atoms with Gasteiger partial charge in [0.2, 0.25) is 5.91 Å². The maximum atomic E-state index is 13.3. The second-order valence-corrected chi connectivity index (χ2v) is 7.83. The van der Waals surface area contributed by atoms with Crippen LogP contribution in [0.2, 0.25) is 0 Å². The van der Waals surface area contributed by atoms with E-state index in [-0.39, 0.29) is 6.42 Å². The Kier molecular flexibility index (Phi) is 6.76. The molecule has 2 atom stereocenters. The van der Waals surface area contributed by atoms with Gasteiger partial charge in [-0.25, -0.2) is 4.79 Å². The molecular formula is C23H25N5O5. The number of aliphatic carboxylic acids is 1. The molecule has 3 rings (SSSR count). The van der Waals surface area contributed by atoms with E-state index in [1.807, 2.05) is 0 Å². The maximum Gasteiger partial charge on any atom is 0.328 e. The number of carboxylic acids is 1. The number of imide groups is 1. The first kappa shape index (κ1) is 23.5. The molecule has 1 aliphatic rings. The Balaban J connectivity index is 1.79. The topological polar surface area (TPSA) is 145 Å². The number of hydrogen-bond donors (Lipinski definition) is 3. The van der Waals surface area contributed by atoms with E-state index in [0.717, 1.165) is 10.5 Å². The fourth-order valence-electron chi connectivity index (χ4n) is 3.80. The number of benzene rings is 2. The third-order valence-electron chi connectivity index (χ3n) is 5.76. The number of nitrogens with two attached hydrogens (primary N) is 1. The van der Waals surface area contributed by atoms with Crippen LogP contribution >= 0.6 is 0 Å². The third kappa shape index (κ3) is 4.69. The number of hydrazone groups is 1. The number of carbonyl (C=O) groups is 4. The van der Waals surface area contributed by atoms with Gasteiger partial charge in [-0.1, -0.05) is 54.6 Å². The molecule has 4 N–H and O–H groups in total. The van der Waals surface area contributed by atoms with Crippen molar-refractivity contribution in [3.63, 3.8) is 0 Å². The molecule has 0 aromatic heterocycles. The minimum absolute atomic E-state index is 0.340. The Bertz CT molecular complexity index is 1090. The molecule has 33 heavy (non-hydrogen) atoms. The Hall–Kier alpha value is -4.21. The van der Waals surface area contributed by atoms with Gasteiger partial charge in [-0.2, -0.15) is 5.10 Å². The lowest BCUT2D eigenvalue weighted by molar-refractivity contribution is -0.139. The van der Waals surface area contributed by atoms with E-state index in [2.05, 4.69) is 10.4 Å². The molecule has 1 saturated heterocycles. The zero-order valence-corrected chi connectivity index (χ0v) is 18.3. The molecular weight excluding hydrogens is 426 g/mol. The van der Waals surface area contributed by atoms with E-state index in [9.17, 15) is 24.3 Å². The highest BCUT2D eigenvalue weighted by Gasteiger charge is 2.54. The number of urea groups is 1. The van der Waals surface area contributed by atoms with Crippen LogP contribution in [0.25, 0.3) is 0 Å². The van der Waals surface area contributed by atoms with Gasteiger partial charge in [0.25, 0.3) is 5.91 Å². The van der Waals surface area contributed by atoms with Crippen LogP contribution in [0.15, 0.2) is 59.7 Å². The molecule has 1 heterocycles. The molecule has 4 amide bonds. The number of amides is 4. The molecule has 0 aliphatic carbocycles. The lowest BCUT2D eigenvalue weighted by Gasteiger charge is -2.29. The summed E-state index contributed by atoms with van der Waals surface area (Å²) >= 11 is 0. The Morgan fingerprint density at radius 1 is 1.15 bits per heavy atom. The number of nitrogens with one attached hydrogen (secondary N) is 1. The van der Waals surface area contributed by atoms with Crippen LogP contribution in [-0.2, 0) is 19.9 Å². The number of rotatable bonds is 8. The minimum atomic E-state index is -1.31. The number of carboxylic acid groups (broad SMARTS) is 1.